The number of aliphatic hydroxyl groups excluding tert-OH is 1. The van der Waals surface area contributed by atoms with E-state index in [0.717, 1.165) is 52.0 Å². The van der Waals surface area contributed by atoms with Gasteiger partial charge in [0.1, 0.15) is 0 Å². The summed E-state index contributed by atoms with van der Waals surface area (Å²) in [6.45, 7) is 11.7. The van der Waals surface area contributed by atoms with Crippen LogP contribution in [0.4, 0.5) is 0 Å². The van der Waals surface area contributed by atoms with E-state index in [2.05, 4.69) is 41.2 Å². The number of piperidine rings is 1. The average molecular weight is 294 g/mol. The molecule has 0 saturated carbocycles. The number of nitrogens with zero attached hydrogens (tertiary/aromatic N) is 2. The van der Waals surface area contributed by atoms with Crippen molar-refractivity contribution < 1.29 is 5.11 Å². The summed E-state index contributed by atoms with van der Waals surface area (Å²) in [6.07, 6.45) is 4.86. The van der Waals surface area contributed by atoms with Gasteiger partial charge in [-0.25, -0.2) is 0 Å². The molecule has 1 aromatic heterocycles. The van der Waals surface area contributed by atoms with Crippen molar-refractivity contribution in [2.75, 3.05) is 26.2 Å². The van der Waals surface area contributed by atoms with Crippen molar-refractivity contribution in [2.45, 2.75) is 58.1 Å². The van der Waals surface area contributed by atoms with Crippen molar-refractivity contribution in [1.29, 1.82) is 0 Å². The van der Waals surface area contributed by atoms with Crippen LogP contribution in [0.25, 0.3) is 0 Å². The summed E-state index contributed by atoms with van der Waals surface area (Å²) in [5, 5.41) is 20.3. The molecule has 1 aliphatic heterocycles. The molecule has 0 aromatic carbocycles. The van der Waals surface area contributed by atoms with Crippen molar-refractivity contribution in [3.8, 4) is 0 Å². The second-order valence-corrected chi connectivity index (χ2v) is 7.12. The Bertz CT molecular complexity index is 416. The SMILES string of the molecule is CC(C)(C)c1[nH]ncc1CNCCCN1CCC(O)CC1. The van der Waals surface area contributed by atoms with Crippen LogP contribution in [0.1, 0.15) is 51.3 Å². The highest BCUT2D eigenvalue weighted by Gasteiger charge is 2.19. The van der Waals surface area contributed by atoms with Gasteiger partial charge < -0.3 is 15.3 Å². The maximum Gasteiger partial charge on any atom is 0.0564 e. The molecule has 0 spiro atoms. The number of rotatable bonds is 6. The van der Waals surface area contributed by atoms with Crippen LogP contribution in [-0.4, -0.2) is 52.5 Å². The van der Waals surface area contributed by atoms with Crippen molar-refractivity contribution >= 4 is 0 Å². The monoisotopic (exact) mass is 294 g/mol. The normalized spacial score (nSPS) is 18.3. The van der Waals surface area contributed by atoms with Crippen LogP contribution in [-0.2, 0) is 12.0 Å². The summed E-state index contributed by atoms with van der Waals surface area (Å²) < 4.78 is 0. The molecular weight excluding hydrogens is 264 g/mol. The molecule has 1 saturated heterocycles. The predicted octanol–water partition coefficient (Wildman–Crippen LogP) is 1.64. The van der Waals surface area contributed by atoms with E-state index >= 15 is 0 Å². The summed E-state index contributed by atoms with van der Waals surface area (Å²) in [7, 11) is 0. The predicted molar refractivity (Wildman–Crippen MR) is 85.3 cm³/mol. The van der Waals surface area contributed by atoms with E-state index in [-0.39, 0.29) is 11.5 Å². The van der Waals surface area contributed by atoms with E-state index in [1.807, 2.05) is 6.20 Å². The summed E-state index contributed by atoms with van der Waals surface area (Å²) >= 11 is 0. The van der Waals surface area contributed by atoms with Gasteiger partial charge in [0.2, 0.25) is 0 Å². The lowest BCUT2D eigenvalue weighted by molar-refractivity contribution is 0.0821. The van der Waals surface area contributed by atoms with E-state index in [1.54, 1.807) is 0 Å². The van der Waals surface area contributed by atoms with Gasteiger partial charge in [-0.1, -0.05) is 20.8 Å². The zero-order valence-corrected chi connectivity index (χ0v) is 13.7. The van der Waals surface area contributed by atoms with Crippen LogP contribution in [0.15, 0.2) is 6.20 Å². The molecule has 0 atom stereocenters. The number of likely N-dealkylation sites (tertiary alicyclic amines) is 1. The van der Waals surface area contributed by atoms with E-state index in [4.69, 9.17) is 0 Å². The fraction of sp³-hybridized carbons (Fsp3) is 0.812. The zero-order valence-electron chi connectivity index (χ0n) is 13.7. The minimum absolute atomic E-state index is 0.0729. The third kappa shape index (κ3) is 5.09. The van der Waals surface area contributed by atoms with Crippen molar-refractivity contribution in [3.63, 3.8) is 0 Å². The molecule has 1 fully saturated rings. The molecule has 1 aromatic rings. The maximum absolute atomic E-state index is 9.49. The Morgan fingerprint density at radius 2 is 2.10 bits per heavy atom. The highest BCUT2D eigenvalue weighted by Crippen LogP contribution is 2.23. The van der Waals surface area contributed by atoms with Crippen LogP contribution in [0.2, 0.25) is 0 Å². The van der Waals surface area contributed by atoms with Crippen LogP contribution in [0.5, 0.6) is 0 Å². The topological polar surface area (TPSA) is 64.2 Å². The third-order valence-electron chi connectivity index (χ3n) is 4.17. The van der Waals surface area contributed by atoms with Crippen molar-refractivity contribution in [1.82, 2.24) is 20.4 Å². The van der Waals surface area contributed by atoms with Gasteiger partial charge in [0, 0.05) is 36.3 Å². The molecule has 120 valence electrons. The standard InChI is InChI=1S/C16H30N4O/c1-16(2,3)15-13(12-18-19-15)11-17-7-4-8-20-9-5-14(21)6-10-20/h12,14,17,21H,4-11H2,1-3H3,(H,18,19). The molecule has 0 bridgehead atoms. The quantitative estimate of drug-likeness (QED) is 0.698. The van der Waals surface area contributed by atoms with Gasteiger partial charge in [0.25, 0.3) is 0 Å². The van der Waals surface area contributed by atoms with Crippen LogP contribution in [0, 0.1) is 0 Å². The van der Waals surface area contributed by atoms with E-state index in [9.17, 15) is 5.11 Å². The van der Waals surface area contributed by atoms with E-state index in [1.165, 1.54) is 11.3 Å². The van der Waals surface area contributed by atoms with Gasteiger partial charge >= 0.3 is 0 Å². The van der Waals surface area contributed by atoms with Crippen LogP contribution < -0.4 is 5.32 Å². The van der Waals surface area contributed by atoms with Crippen LogP contribution >= 0.6 is 0 Å². The lowest BCUT2D eigenvalue weighted by atomic mass is 9.89. The molecule has 5 nitrogen and oxygen atoms in total. The summed E-state index contributed by atoms with van der Waals surface area (Å²) in [5.74, 6) is 0. The third-order valence-corrected chi connectivity index (χ3v) is 4.17. The minimum atomic E-state index is -0.0729. The molecule has 3 N–H and O–H groups in total. The molecule has 21 heavy (non-hydrogen) atoms. The number of H-pyrrole nitrogens is 1. The Morgan fingerprint density at radius 1 is 1.38 bits per heavy atom. The molecule has 0 unspecified atom stereocenters. The Kier molecular flexibility index (Phi) is 5.79. The summed E-state index contributed by atoms with van der Waals surface area (Å²) in [4.78, 5) is 2.45. The lowest BCUT2D eigenvalue weighted by Gasteiger charge is -2.29. The summed E-state index contributed by atoms with van der Waals surface area (Å²) in [6, 6.07) is 0. The molecule has 2 rings (SSSR count). The first-order valence-electron chi connectivity index (χ1n) is 8.10. The smallest absolute Gasteiger partial charge is 0.0564 e. The number of hydrogen-bond acceptors (Lipinski definition) is 4. The molecule has 0 radical (unpaired) electrons. The van der Waals surface area contributed by atoms with Crippen molar-refractivity contribution in [2.24, 2.45) is 0 Å². The molecule has 5 heteroatoms. The minimum Gasteiger partial charge on any atom is -0.393 e. The number of nitrogens with one attached hydrogen (secondary N) is 2. The fourth-order valence-electron chi connectivity index (χ4n) is 2.89. The molecule has 0 aliphatic carbocycles. The van der Waals surface area contributed by atoms with Gasteiger partial charge in [-0.15, -0.1) is 0 Å². The number of aromatic amines is 1. The van der Waals surface area contributed by atoms with Crippen molar-refractivity contribution in [3.05, 3.63) is 17.5 Å². The Morgan fingerprint density at radius 3 is 2.76 bits per heavy atom. The Labute approximate surface area is 128 Å². The van der Waals surface area contributed by atoms with E-state index in [0.29, 0.717) is 0 Å². The first-order valence-corrected chi connectivity index (χ1v) is 8.10. The average Bonchev–Trinajstić information content (AvgIpc) is 2.89. The second-order valence-electron chi connectivity index (χ2n) is 7.12. The number of aliphatic hydroxyl groups is 1. The Balaban J connectivity index is 1.63. The van der Waals surface area contributed by atoms with Gasteiger partial charge in [-0.3, -0.25) is 5.10 Å². The second kappa shape index (κ2) is 7.38. The first kappa shape index (κ1) is 16.5. The first-order chi connectivity index (χ1) is 9.97. The molecule has 1 aliphatic rings. The zero-order chi connectivity index (χ0) is 15.3. The maximum atomic E-state index is 9.49. The van der Waals surface area contributed by atoms with Gasteiger partial charge in [0.15, 0.2) is 0 Å². The van der Waals surface area contributed by atoms with Crippen LogP contribution in [0.3, 0.4) is 0 Å². The summed E-state index contributed by atoms with van der Waals surface area (Å²) in [5.41, 5.74) is 2.60. The fourth-order valence-corrected chi connectivity index (χ4v) is 2.89. The molecular formula is C16H30N4O. The van der Waals surface area contributed by atoms with Gasteiger partial charge in [0.05, 0.1) is 12.3 Å². The molecule has 2 heterocycles. The molecule has 0 amide bonds. The lowest BCUT2D eigenvalue weighted by Crippen LogP contribution is -2.37. The highest BCUT2D eigenvalue weighted by atomic mass is 16.3. The number of hydrogen-bond donors (Lipinski definition) is 3. The van der Waals surface area contributed by atoms with E-state index < -0.39 is 0 Å². The van der Waals surface area contributed by atoms with Gasteiger partial charge in [-0.2, -0.15) is 5.10 Å². The largest absolute Gasteiger partial charge is 0.393 e. The highest BCUT2D eigenvalue weighted by molar-refractivity contribution is 5.23. The van der Waals surface area contributed by atoms with Gasteiger partial charge in [-0.05, 0) is 32.4 Å². The Hall–Kier alpha value is -0.910. The number of aromatic nitrogens is 2.